The molecule has 3 aromatic carbocycles. The van der Waals surface area contributed by atoms with Crippen molar-refractivity contribution < 1.29 is 5.11 Å². The third-order valence-corrected chi connectivity index (χ3v) is 6.19. The van der Waals surface area contributed by atoms with Crippen molar-refractivity contribution in [3.05, 3.63) is 84.4 Å². The first-order chi connectivity index (χ1) is 16.1. The van der Waals surface area contributed by atoms with Crippen LogP contribution in [0.3, 0.4) is 0 Å². The summed E-state index contributed by atoms with van der Waals surface area (Å²) in [6.45, 7) is 5.98. The quantitative estimate of drug-likeness (QED) is 0.317. The number of rotatable bonds is 6. The molecule has 1 heterocycles. The topological polar surface area (TPSA) is 51.1 Å². The summed E-state index contributed by atoms with van der Waals surface area (Å²) in [5.41, 5.74) is 4.20. The maximum atomic E-state index is 10.6. The number of piperazine rings is 1. The van der Waals surface area contributed by atoms with Gasteiger partial charge in [0.25, 0.3) is 0 Å². The molecular formula is C28H34N4O. The zero-order valence-electron chi connectivity index (χ0n) is 19.6. The first-order valence-corrected chi connectivity index (χ1v) is 11.8. The van der Waals surface area contributed by atoms with E-state index in [0.717, 1.165) is 56.1 Å². The van der Waals surface area contributed by atoms with Crippen LogP contribution in [0.2, 0.25) is 0 Å². The average Bonchev–Trinajstić information content (AvgIpc) is 2.85. The molecule has 3 aromatic rings. The molecule has 1 saturated heterocycles. The number of aryl methyl sites for hydroxylation is 1. The maximum absolute atomic E-state index is 10.6. The molecule has 2 N–H and O–H groups in total. The number of aliphatic imine (C=N–C) groups is 1. The maximum Gasteiger partial charge on any atom is 0.198 e. The number of anilines is 1. The Morgan fingerprint density at radius 2 is 1.58 bits per heavy atom. The van der Waals surface area contributed by atoms with Gasteiger partial charge in [0.2, 0.25) is 0 Å². The van der Waals surface area contributed by atoms with E-state index in [0.29, 0.717) is 5.69 Å². The van der Waals surface area contributed by atoms with Crippen LogP contribution in [0.1, 0.15) is 18.9 Å². The molecular weight excluding hydrogens is 408 g/mol. The van der Waals surface area contributed by atoms with Crippen molar-refractivity contribution in [1.29, 1.82) is 0 Å². The Labute approximate surface area is 197 Å². The van der Waals surface area contributed by atoms with Crippen molar-refractivity contribution in [2.45, 2.75) is 25.8 Å². The van der Waals surface area contributed by atoms with Gasteiger partial charge >= 0.3 is 0 Å². The molecule has 0 radical (unpaired) electrons. The lowest BCUT2D eigenvalue weighted by atomic mass is 10.0. The van der Waals surface area contributed by atoms with E-state index in [1.54, 1.807) is 6.07 Å². The van der Waals surface area contributed by atoms with Gasteiger partial charge in [-0.05, 0) is 55.6 Å². The number of hydrogen-bond donors (Lipinski definition) is 2. The summed E-state index contributed by atoms with van der Waals surface area (Å²) in [6, 6.07) is 26.7. The first-order valence-electron chi connectivity index (χ1n) is 11.8. The van der Waals surface area contributed by atoms with Gasteiger partial charge in [0.1, 0.15) is 5.75 Å². The van der Waals surface area contributed by atoms with Gasteiger partial charge in [-0.2, -0.15) is 0 Å². The Kier molecular flexibility index (Phi) is 7.63. The van der Waals surface area contributed by atoms with Crippen molar-refractivity contribution in [1.82, 2.24) is 9.80 Å². The smallest absolute Gasteiger partial charge is 0.198 e. The Hall–Kier alpha value is -3.31. The monoisotopic (exact) mass is 442 g/mol. The van der Waals surface area contributed by atoms with Crippen LogP contribution in [0.15, 0.2) is 83.9 Å². The van der Waals surface area contributed by atoms with Crippen LogP contribution < -0.4 is 5.32 Å². The number of benzene rings is 3. The normalized spacial score (nSPS) is 15.9. The third kappa shape index (κ3) is 6.36. The summed E-state index contributed by atoms with van der Waals surface area (Å²) >= 11 is 0. The number of aromatic hydroxyl groups is 1. The zero-order valence-corrected chi connectivity index (χ0v) is 19.6. The molecule has 1 aliphatic heterocycles. The molecule has 0 aromatic heterocycles. The fourth-order valence-electron chi connectivity index (χ4n) is 4.07. The van der Waals surface area contributed by atoms with E-state index in [2.05, 4.69) is 71.6 Å². The molecule has 1 fully saturated rings. The van der Waals surface area contributed by atoms with E-state index >= 15 is 0 Å². The van der Waals surface area contributed by atoms with Crippen molar-refractivity contribution in [2.24, 2.45) is 4.99 Å². The van der Waals surface area contributed by atoms with Crippen LogP contribution in [0.25, 0.3) is 11.1 Å². The molecule has 172 valence electrons. The second-order valence-electron chi connectivity index (χ2n) is 8.84. The molecule has 4 rings (SSSR count). The van der Waals surface area contributed by atoms with Crippen LogP contribution in [0.5, 0.6) is 5.75 Å². The van der Waals surface area contributed by atoms with Crippen LogP contribution >= 0.6 is 0 Å². The lowest BCUT2D eigenvalue weighted by Crippen LogP contribution is -2.49. The highest BCUT2D eigenvalue weighted by Crippen LogP contribution is 2.30. The van der Waals surface area contributed by atoms with Gasteiger partial charge in [-0.1, -0.05) is 66.7 Å². The fourth-order valence-corrected chi connectivity index (χ4v) is 4.07. The molecule has 0 saturated carbocycles. The Morgan fingerprint density at radius 1 is 0.909 bits per heavy atom. The molecule has 5 nitrogen and oxygen atoms in total. The minimum atomic E-state index is 0.159. The fraction of sp³-hybridized carbons (Fsp3) is 0.321. The first kappa shape index (κ1) is 22.9. The molecule has 1 unspecified atom stereocenters. The van der Waals surface area contributed by atoms with E-state index in [9.17, 15) is 5.11 Å². The summed E-state index contributed by atoms with van der Waals surface area (Å²) in [5, 5.41) is 14.1. The van der Waals surface area contributed by atoms with Gasteiger partial charge in [-0.25, -0.2) is 4.99 Å². The second kappa shape index (κ2) is 11.0. The SMILES string of the molecule is CC(CCc1ccccc1)N=C(Nc1cc(-c2ccccc2)ccc1O)N1CCN(C)CC1. The van der Waals surface area contributed by atoms with Gasteiger partial charge < -0.3 is 20.2 Å². The summed E-state index contributed by atoms with van der Waals surface area (Å²) in [4.78, 5) is 9.71. The largest absolute Gasteiger partial charge is 0.506 e. The van der Waals surface area contributed by atoms with Crippen LogP contribution in [-0.4, -0.2) is 60.1 Å². The summed E-state index contributed by atoms with van der Waals surface area (Å²) in [5.74, 6) is 1.07. The zero-order chi connectivity index (χ0) is 23.0. The van der Waals surface area contributed by atoms with E-state index in [-0.39, 0.29) is 11.8 Å². The summed E-state index contributed by atoms with van der Waals surface area (Å²) in [6.07, 6.45) is 1.97. The van der Waals surface area contributed by atoms with Crippen LogP contribution in [-0.2, 0) is 6.42 Å². The standard InChI is InChI=1S/C28H34N4O/c1-22(13-14-23-9-5-3-6-10-23)29-28(32-19-17-31(2)18-20-32)30-26-21-25(15-16-27(26)33)24-11-7-4-8-12-24/h3-12,15-16,21-22,33H,13-14,17-20H2,1-2H3,(H,29,30). The summed E-state index contributed by atoms with van der Waals surface area (Å²) < 4.78 is 0. The number of hydrogen-bond acceptors (Lipinski definition) is 3. The molecule has 1 atom stereocenters. The van der Waals surface area contributed by atoms with Crippen molar-refractivity contribution >= 4 is 11.6 Å². The number of nitrogens with zero attached hydrogens (tertiary/aromatic N) is 3. The van der Waals surface area contributed by atoms with Crippen molar-refractivity contribution in [3.63, 3.8) is 0 Å². The number of phenolic OH excluding ortho intramolecular Hbond substituents is 1. The number of guanidine groups is 1. The molecule has 1 aliphatic rings. The average molecular weight is 443 g/mol. The highest BCUT2D eigenvalue weighted by molar-refractivity contribution is 5.96. The van der Waals surface area contributed by atoms with E-state index in [1.807, 2.05) is 30.3 Å². The lowest BCUT2D eigenvalue weighted by Gasteiger charge is -2.35. The molecule has 0 bridgehead atoms. The van der Waals surface area contributed by atoms with E-state index in [1.165, 1.54) is 5.56 Å². The minimum absolute atomic E-state index is 0.159. The van der Waals surface area contributed by atoms with Crippen molar-refractivity contribution in [2.75, 3.05) is 38.5 Å². The highest BCUT2D eigenvalue weighted by atomic mass is 16.3. The molecule has 0 amide bonds. The van der Waals surface area contributed by atoms with Gasteiger partial charge in [0.05, 0.1) is 11.7 Å². The van der Waals surface area contributed by atoms with Gasteiger partial charge in [-0.3, -0.25) is 0 Å². The molecule has 5 heteroatoms. The van der Waals surface area contributed by atoms with Gasteiger partial charge in [0.15, 0.2) is 5.96 Å². The predicted molar refractivity (Wildman–Crippen MR) is 138 cm³/mol. The molecule has 0 spiro atoms. The van der Waals surface area contributed by atoms with Gasteiger partial charge in [-0.15, -0.1) is 0 Å². The Morgan fingerprint density at radius 3 is 2.27 bits per heavy atom. The minimum Gasteiger partial charge on any atom is -0.506 e. The summed E-state index contributed by atoms with van der Waals surface area (Å²) in [7, 11) is 2.15. The second-order valence-corrected chi connectivity index (χ2v) is 8.84. The predicted octanol–water partition coefficient (Wildman–Crippen LogP) is 5.10. The Bertz CT molecular complexity index is 1040. The molecule has 0 aliphatic carbocycles. The van der Waals surface area contributed by atoms with Crippen LogP contribution in [0, 0.1) is 0 Å². The van der Waals surface area contributed by atoms with Gasteiger partial charge in [0, 0.05) is 26.2 Å². The number of likely N-dealkylation sites (N-methyl/N-ethyl adjacent to an activating group) is 1. The molecule has 33 heavy (non-hydrogen) atoms. The lowest BCUT2D eigenvalue weighted by molar-refractivity contribution is 0.214. The highest BCUT2D eigenvalue weighted by Gasteiger charge is 2.20. The van der Waals surface area contributed by atoms with Crippen LogP contribution in [0.4, 0.5) is 5.69 Å². The van der Waals surface area contributed by atoms with E-state index in [4.69, 9.17) is 4.99 Å². The Balaban J connectivity index is 1.55. The number of phenols is 1. The third-order valence-electron chi connectivity index (χ3n) is 6.19. The van der Waals surface area contributed by atoms with E-state index < -0.39 is 0 Å². The van der Waals surface area contributed by atoms with Crippen molar-refractivity contribution in [3.8, 4) is 16.9 Å². The number of nitrogens with one attached hydrogen (secondary N) is 1.